The molecule has 0 unspecified atom stereocenters. The van der Waals surface area contributed by atoms with E-state index in [1.807, 2.05) is 13.0 Å². The molecule has 46 heavy (non-hydrogen) atoms. The Morgan fingerprint density at radius 3 is 1.61 bits per heavy atom. The molecule has 0 N–H and O–H groups in total. The average molecular weight is 720 g/mol. The Morgan fingerprint density at radius 1 is 0.674 bits per heavy atom. The van der Waals surface area contributed by atoms with Crippen LogP contribution in [0.5, 0.6) is 0 Å². The fraction of sp³-hybridized carbons (Fsp3) is 0.214. The molecular weight excluding hydrogens is 701 g/mol. The summed E-state index contributed by atoms with van der Waals surface area (Å²) in [7, 11) is 3.30. The molecule has 6 aromatic rings. The summed E-state index contributed by atoms with van der Waals surface area (Å²) < 4.78 is 79.9. The van der Waals surface area contributed by atoms with E-state index in [2.05, 4.69) is 29.9 Å². The van der Waals surface area contributed by atoms with Crippen LogP contribution in [0.25, 0.3) is 45.4 Å². The third-order valence-electron chi connectivity index (χ3n) is 6.43. The number of hydrogen-bond acceptors (Lipinski definition) is 7. The molecule has 0 aliphatic heterocycles. The summed E-state index contributed by atoms with van der Waals surface area (Å²) in [6.45, 7) is 2.00. The average Bonchev–Trinajstić information content (AvgIpc) is 3.50. The Morgan fingerprint density at radius 2 is 1.13 bits per heavy atom. The Balaban J connectivity index is 0.000000182. The molecule has 6 heterocycles. The Kier molecular flexibility index (Phi) is 9.42. The number of thioether (sulfide) groups is 1. The Bertz CT molecular complexity index is 2080. The first-order valence-corrected chi connectivity index (χ1v) is 15.1. The second-order valence-electron chi connectivity index (χ2n) is 9.50. The number of rotatable bonds is 4. The van der Waals surface area contributed by atoms with E-state index in [0.29, 0.717) is 33.0 Å². The molecule has 6 aromatic heterocycles. The van der Waals surface area contributed by atoms with Crippen molar-refractivity contribution < 1.29 is 26.3 Å². The van der Waals surface area contributed by atoms with Gasteiger partial charge in [-0.2, -0.15) is 26.3 Å². The molecule has 0 radical (unpaired) electrons. The molecule has 0 bridgehead atoms. The molecule has 0 aromatic carbocycles. The molecule has 8 nitrogen and oxygen atoms in total. The predicted octanol–water partition coefficient (Wildman–Crippen LogP) is 9.17. The number of aromatic nitrogens is 8. The summed E-state index contributed by atoms with van der Waals surface area (Å²) in [4.78, 5) is 25.4. The van der Waals surface area contributed by atoms with Gasteiger partial charge >= 0.3 is 12.4 Å². The lowest BCUT2D eigenvalue weighted by molar-refractivity contribution is -0.138. The first-order valence-electron chi connectivity index (χ1n) is 13.0. The molecule has 0 aliphatic rings. The summed E-state index contributed by atoms with van der Waals surface area (Å²) in [6.07, 6.45) is -7.37. The minimum absolute atomic E-state index is 0.102. The molecule has 0 atom stereocenters. The molecular formula is C28H19Cl3F6N8S. The van der Waals surface area contributed by atoms with Gasteiger partial charge in [0.05, 0.1) is 16.1 Å². The van der Waals surface area contributed by atoms with Crippen LogP contribution in [0.4, 0.5) is 26.3 Å². The minimum Gasteiger partial charge on any atom is -0.310 e. The normalized spacial score (nSPS) is 12.1. The smallest absolute Gasteiger partial charge is 0.310 e. The van der Waals surface area contributed by atoms with Gasteiger partial charge in [-0.1, -0.05) is 41.7 Å². The molecule has 0 amide bonds. The van der Waals surface area contributed by atoms with E-state index in [1.165, 1.54) is 10.6 Å². The van der Waals surface area contributed by atoms with Gasteiger partial charge in [-0.25, -0.2) is 29.9 Å². The van der Waals surface area contributed by atoms with Gasteiger partial charge in [-0.15, -0.1) is 11.8 Å². The van der Waals surface area contributed by atoms with Crippen LogP contribution in [0.1, 0.15) is 18.1 Å². The van der Waals surface area contributed by atoms with E-state index < -0.39 is 23.5 Å². The van der Waals surface area contributed by atoms with Crippen molar-refractivity contribution in [2.75, 3.05) is 5.75 Å². The molecule has 0 fully saturated rings. The van der Waals surface area contributed by atoms with Gasteiger partial charge in [-0.05, 0) is 42.2 Å². The second kappa shape index (κ2) is 12.9. The number of halogens is 9. The van der Waals surface area contributed by atoms with Gasteiger partial charge in [0.2, 0.25) is 0 Å². The van der Waals surface area contributed by atoms with Crippen molar-refractivity contribution >= 4 is 68.9 Å². The summed E-state index contributed by atoms with van der Waals surface area (Å²) in [6, 6.07) is 8.47. The lowest BCUT2D eigenvalue weighted by atomic mass is 10.2. The number of hydrogen-bond donors (Lipinski definition) is 0. The van der Waals surface area contributed by atoms with Gasteiger partial charge in [-0.3, -0.25) is 0 Å². The van der Waals surface area contributed by atoms with Crippen LogP contribution in [0.2, 0.25) is 15.3 Å². The van der Waals surface area contributed by atoms with Crippen molar-refractivity contribution in [3.63, 3.8) is 0 Å². The first-order chi connectivity index (χ1) is 21.6. The van der Waals surface area contributed by atoms with E-state index >= 15 is 0 Å². The van der Waals surface area contributed by atoms with Crippen LogP contribution in [-0.4, -0.2) is 44.8 Å². The van der Waals surface area contributed by atoms with Gasteiger partial charge in [0.15, 0.2) is 22.9 Å². The van der Waals surface area contributed by atoms with E-state index in [4.69, 9.17) is 34.8 Å². The molecule has 6 rings (SSSR count). The van der Waals surface area contributed by atoms with Crippen molar-refractivity contribution in [2.45, 2.75) is 24.2 Å². The van der Waals surface area contributed by atoms with E-state index in [-0.39, 0.29) is 27.7 Å². The van der Waals surface area contributed by atoms with Crippen molar-refractivity contribution in [3.8, 4) is 23.0 Å². The number of alkyl halides is 6. The lowest BCUT2D eigenvalue weighted by Gasteiger charge is -2.07. The minimum atomic E-state index is -4.48. The second-order valence-corrected chi connectivity index (χ2v) is 12.0. The van der Waals surface area contributed by atoms with E-state index in [1.54, 1.807) is 42.6 Å². The highest BCUT2D eigenvalue weighted by Crippen LogP contribution is 2.35. The Hall–Kier alpha value is -3.66. The zero-order valence-electron chi connectivity index (χ0n) is 23.7. The number of nitrogens with zero attached hydrogens (tertiary/aromatic N) is 8. The summed E-state index contributed by atoms with van der Waals surface area (Å²) in [5.74, 6) is 1.53. The van der Waals surface area contributed by atoms with Crippen LogP contribution in [0, 0.1) is 0 Å². The van der Waals surface area contributed by atoms with Gasteiger partial charge in [0, 0.05) is 31.4 Å². The summed E-state index contributed by atoms with van der Waals surface area (Å²) >= 11 is 19.4. The zero-order valence-corrected chi connectivity index (χ0v) is 26.8. The molecule has 240 valence electrons. The molecule has 18 heteroatoms. The van der Waals surface area contributed by atoms with Crippen molar-refractivity contribution in [1.82, 2.24) is 39.0 Å². The Labute approximate surface area is 275 Å². The molecule has 0 aliphatic carbocycles. The van der Waals surface area contributed by atoms with Crippen molar-refractivity contribution in [2.24, 2.45) is 14.1 Å². The molecule has 0 saturated carbocycles. The standard InChI is InChI=1S/C15H12ClF3N4S.C13H7Cl2F3N4/c1-3-24-10-4-5-11(16)22-12(10)14-21-9-6-8(15(17,18)19)7-20-13(9)23(14)2;1-22-11-8(4-6(5-19-11)13(16,17)18)20-12(22)10-7(14)2-3-9(15)21-10/h4-7H,3H2,1-2H3;2-5H,1H3. The number of imidazole rings is 2. The first kappa shape index (κ1) is 33.7. The number of aryl methyl sites for hydroxylation is 2. The zero-order chi connectivity index (χ0) is 33.6. The maximum Gasteiger partial charge on any atom is 0.417 e. The highest BCUT2D eigenvalue weighted by atomic mass is 35.5. The maximum absolute atomic E-state index is 12.9. The molecule has 0 spiro atoms. The van der Waals surface area contributed by atoms with Crippen LogP contribution >= 0.6 is 46.6 Å². The van der Waals surface area contributed by atoms with Crippen LogP contribution in [0.15, 0.2) is 53.7 Å². The number of fused-ring (bicyclic) bond motifs is 2. The highest BCUT2D eigenvalue weighted by Gasteiger charge is 2.33. The topological polar surface area (TPSA) is 87.2 Å². The van der Waals surface area contributed by atoms with E-state index in [0.717, 1.165) is 35.2 Å². The fourth-order valence-corrected chi connectivity index (χ4v) is 5.55. The van der Waals surface area contributed by atoms with Crippen LogP contribution < -0.4 is 0 Å². The highest BCUT2D eigenvalue weighted by molar-refractivity contribution is 7.99. The van der Waals surface area contributed by atoms with Crippen LogP contribution in [-0.2, 0) is 26.4 Å². The van der Waals surface area contributed by atoms with E-state index in [9.17, 15) is 26.3 Å². The monoisotopic (exact) mass is 718 g/mol. The van der Waals surface area contributed by atoms with Crippen molar-refractivity contribution in [3.05, 3.63) is 75.2 Å². The van der Waals surface area contributed by atoms with Crippen LogP contribution in [0.3, 0.4) is 0 Å². The SMILES string of the molecule is CCSc1ccc(Cl)nc1-c1nc2cc(C(F)(F)F)cnc2n1C.Cn1c(-c2nc(Cl)ccc2Cl)nc2cc(C(F)(F)F)cnc21. The van der Waals surface area contributed by atoms with Gasteiger partial charge in [0.1, 0.15) is 32.7 Å². The van der Waals surface area contributed by atoms with Gasteiger partial charge in [0.25, 0.3) is 0 Å². The lowest BCUT2D eigenvalue weighted by Crippen LogP contribution is -2.05. The quantitative estimate of drug-likeness (QED) is 0.102. The van der Waals surface area contributed by atoms with Gasteiger partial charge < -0.3 is 9.13 Å². The maximum atomic E-state index is 12.9. The molecule has 0 saturated heterocycles. The third-order valence-corrected chi connectivity index (χ3v) is 8.09. The summed E-state index contributed by atoms with van der Waals surface area (Å²) in [5.41, 5.74) is 0.0260. The largest absolute Gasteiger partial charge is 0.417 e. The predicted molar refractivity (Wildman–Crippen MR) is 165 cm³/mol. The number of pyridine rings is 4. The fourth-order valence-electron chi connectivity index (χ4n) is 4.32. The summed E-state index contributed by atoms with van der Waals surface area (Å²) in [5, 5.41) is 0.788. The third kappa shape index (κ3) is 6.87. The van der Waals surface area contributed by atoms with Crippen molar-refractivity contribution in [1.29, 1.82) is 0 Å².